The van der Waals surface area contributed by atoms with Crippen molar-refractivity contribution < 1.29 is 0 Å². The van der Waals surface area contributed by atoms with E-state index in [1.165, 1.54) is 38.0 Å². The molecule has 2 nitrogen and oxygen atoms in total. The van der Waals surface area contributed by atoms with Gasteiger partial charge in [0, 0.05) is 28.7 Å². The summed E-state index contributed by atoms with van der Waals surface area (Å²) in [6, 6.07) is 6.77. The molecule has 3 heterocycles. The quantitative estimate of drug-likeness (QED) is 0.899. The molecule has 0 spiro atoms. The third kappa shape index (κ3) is 2.99. The average Bonchev–Trinajstić information content (AvgIpc) is 2.47. The van der Waals surface area contributed by atoms with E-state index in [1.54, 1.807) is 0 Å². The number of nitrogens with zero attached hydrogens (tertiary/aromatic N) is 1. The maximum absolute atomic E-state index is 6.36. The molecule has 2 bridgehead atoms. The Morgan fingerprint density at radius 2 is 2.05 bits per heavy atom. The maximum Gasteiger partial charge on any atom is 0.0468 e. The van der Waals surface area contributed by atoms with Crippen LogP contribution in [0.4, 0.5) is 0 Å². The molecule has 4 heteroatoms. The van der Waals surface area contributed by atoms with Gasteiger partial charge in [0.2, 0.25) is 0 Å². The Labute approximate surface area is 131 Å². The van der Waals surface area contributed by atoms with E-state index in [-0.39, 0.29) is 0 Å². The summed E-state index contributed by atoms with van der Waals surface area (Å²) in [5.74, 6) is 0.833. The number of fused-ring (bicyclic) bond motifs is 3. The largest absolute Gasteiger partial charge is 0.306 e. The van der Waals surface area contributed by atoms with Crippen LogP contribution in [0.5, 0.6) is 0 Å². The van der Waals surface area contributed by atoms with Crippen molar-refractivity contribution in [2.24, 2.45) is 5.92 Å². The number of nitrogens with one attached hydrogen (secondary N) is 1. The number of rotatable bonds is 4. The number of benzene rings is 1. The van der Waals surface area contributed by atoms with Gasteiger partial charge in [0.15, 0.2) is 0 Å². The Bertz CT molecular complexity index is 470. The highest BCUT2D eigenvalue weighted by molar-refractivity contribution is 6.35. The van der Waals surface area contributed by atoms with Gasteiger partial charge in [-0.2, -0.15) is 0 Å². The molecular weight excluding hydrogens is 291 g/mol. The number of hydrogen-bond acceptors (Lipinski definition) is 2. The van der Waals surface area contributed by atoms with Crippen molar-refractivity contribution in [1.29, 1.82) is 0 Å². The molecule has 0 radical (unpaired) electrons. The van der Waals surface area contributed by atoms with Crippen molar-refractivity contribution in [3.05, 3.63) is 33.8 Å². The number of hydrogen-bond donors (Lipinski definition) is 1. The first-order valence-electron chi connectivity index (χ1n) is 7.60. The summed E-state index contributed by atoms with van der Waals surface area (Å²) in [7, 11) is 0. The van der Waals surface area contributed by atoms with Gasteiger partial charge in [-0.05, 0) is 56.0 Å². The van der Waals surface area contributed by atoms with E-state index in [9.17, 15) is 0 Å². The molecule has 20 heavy (non-hydrogen) atoms. The molecule has 1 aromatic rings. The lowest BCUT2D eigenvalue weighted by molar-refractivity contribution is 0.0666. The summed E-state index contributed by atoms with van der Waals surface area (Å²) in [6.45, 7) is 5.96. The molecular formula is C16H22Cl2N2. The fraction of sp³-hybridized carbons (Fsp3) is 0.625. The normalized spacial score (nSPS) is 30.4. The molecule has 0 aliphatic carbocycles. The van der Waals surface area contributed by atoms with Gasteiger partial charge in [-0.15, -0.1) is 0 Å². The van der Waals surface area contributed by atoms with Crippen LogP contribution < -0.4 is 5.32 Å². The van der Waals surface area contributed by atoms with Gasteiger partial charge in [-0.3, -0.25) is 0 Å². The van der Waals surface area contributed by atoms with Gasteiger partial charge in [0.1, 0.15) is 0 Å². The molecule has 0 amide bonds. The molecule has 0 aromatic heterocycles. The minimum atomic E-state index is 0.324. The van der Waals surface area contributed by atoms with E-state index >= 15 is 0 Å². The van der Waals surface area contributed by atoms with Crippen LogP contribution in [0.2, 0.25) is 10.0 Å². The van der Waals surface area contributed by atoms with Crippen LogP contribution in [0.15, 0.2) is 18.2 Å². The van der Waals surface area contributed by atoms with Crippen LogP contribution in [-0.4, -0.2) is 30.6 Å². The molecule has 4 rings (SSSR count). The predicted octanol–water partition coefficient (Wildman–Crippen LogP) is 4.13. The molecule has 0 saturated carbocycles. The standard InChI is InChI=1S/C16H22Cl2N2/c1-2-15(13-4-3-12(17)9-14(13)18)19-16-10-20-7-5-11(16)6-8-20/h3-4,9,11,15-16,19H,2,5-8,10H2,1H3. The molecule has 1 N–H and O–H groups in total. The number of piperidine rings is 3. The van der Waals surface area contributed by atoms with E-state index in [0.717, 1.165) is 17.4 Å². The smallest absolute Gasteiger partial charge is 0.0468 e. The minimum Gasteiger partial charge on any atom is -0.306 e. The third-order valence-electron chi connectivity index (χ3n) is 4.82. The minimum absolute atomic E-state index is 0.324. The van der Waals surface area contributed by atoms with Crippen LogP contribution in [0.25, 0.3) is 0 Å². The zero-order valence-corrected chi connectivity index (χ0v) is 13.4. The summed E-state index contributed by atoms with van der Waals surface area (Å²) in [6.07, 6.45) is 3.72. The van der Waals surface area contributed by atoms with E-state index in [1.807, 2.05) is 12.1 Å². The Balaban J connectivity index is 1.73. The highest BCUT2D eigenvalue weighted by atomic mass is 35.5. The summed E-state index contributed by atoms with van der Waals surface area (Å²) >= 11 is 12.4. The fourth-order valence-corrected chi connectivity index (χ4v) is 4.16. The molecule has 110 valence electrons. The second-order valence-electron chi connectivity index (χ2n) is 6.04. The molecule has 3 fully saturated rings. The molecule has 2 unspecified atom stereocenters. The summed E-state index contributed by atoms with van der Waals surface area (Å²) in [4.78, 5) is 2.58. The SMILES string of the molecule is CCC(NC1CN2CCC1CC2)c1ccc(Cl)cc1Cl. The first-order chi connectivity index (χ1) is 9.67. The topological polar surface area (TPSA) is 15.3 Å². The van der Waals surface area contributed by atoms with Crippen molar-refractivity contribution in [2.75, 3.05) is 19.6 Å². The molecule has 1 aromatic carbocycles. The van der Waals surface area contributed by atoms with Crippen molar-refractivity contribution in [3.63, 3.8) is 0 Å². The van der Waals surface area contributed by atoms with Crippen LogP contribution in [-0.2, 0) is 0 Å². The third-order valence-corrected chi connectivity index (χ3v) is 5.38. The monoisotopic (exact) mass is 312 g/mol. The first kappa shape index (κ1) is 14.6. The van der Waals surface area contributed by atoms with E-state index < -0.39 is 0 Å². The maximum atomic E-state index is 6.36. The highest BCUT2D eigenvalue weighted by Gasteiger charge is 2.35. The van der Waals surface area contributed by atoms with E-state index in [0.29, 0.717) is 17.1 Å². The lowest BCUT2D eigenvalue weighted by Crippen LogP contribution is -2.56. The van der Waals surface area contributed by atoms with Gasteiger partial charge < -0.3 is 10.2 Å². The van der Waals surface area contributed by atoms with Crippen molar-refractivity contribution >= 4 is 23.2 Å². The zero-order valence-electron chi connectivity index (χ0n) is 11.9. The predicted molar refractivity (Wildman–Crippen MR) is 85.6 cm³/mol. The molecule has 3 saturated heterocycles. The van der Waals surface area contributed by atoms with Gasteiger partial charge >= 0.3 is 0 Å². The lowest BCUT2D eigenvalue weighted by atomic mass is 9.83. The summed E-state index contributed by atoms with van der Waals surface area (Å²) < 4.78 is 0. The van der Waals surface area contributed by atoms with Gasteiger partial charge in [-0.1, -0.05) is 36.2 Å². The number of halogens is 2. The fourth-order valence-electron chi connectivity index (χ4n) is 3.62. The van der Waals surface area contributed by atoms with Gasteiger partial charge in [-0.25, -0.2) is 0 Å². The van der Waals surface area contributed by atoms with Crippen LogP contribution >= 0.6 is 23.2 Å². The lowest BCUT2D eigenvalue weighted by Gasteiger charge is -2.46. The first-order valence-corrected chi connectivity index (χ1v) is 8.36. The second-order valence-corrected chi connectivity index (χ2v) is 6.88. The van der Waals surface area contributed by atoms with Crippen LogP contribution in [0.3, 0.4) is 0 Å². The van der Waals surface area contributed by atoms with Crippen molar-refractivity contribution in [1.82, 2.24) is 10.2 Å². The van der Waals surface area contributed by atoms with E-state index in [4.69, 9.17) is 23.2 Å². The Morgan fingerprint density at radius 3 is 2.60 bits per heavy atom. The second kappa shape index (κ2) is 6.23. The average molecular weight is 313 g/mol. The summed E-state index contributed by atoms with van der Waals surface area (Å²) in [5, 5.41) is 5.33. The van der Waals surface area contributed by atoms with Crippen molar-refractivity contribution in [2.45, 2.75) is 38.3 Å². The molecule has 3 aliphatic heterocycles. The summed E-state index contributed by atoms with van der Waals surface area (Å²) in [5.41, 5.74) is 1.18. The Kier molecular flexibility index (Phi) is 4.56. The van der Waals surface area contributed by atoms with Gasteiger partial charge in [0.25, 0.3) is 0 Å². The Morgan fingerprint density at radius 1 is 1.30 bits per heavy atom. The molecule has 3 aliphatic rings. The van der Waals surface area contributed by atoms with Crippen molar-refractivity contribution in [3.8, 4) is 0 Å². The van der Waals surface area contributed by atoms with Crippen LogP contribution in [0, 0.1) is 5.92 Å². The molecule has 2 atom stereocenters. The zero-order chi connectivity index (χ0) is 14.1. The van der Waals surface area contributed by atoms with Crippen LogP contribution in [0.1, 0.15) is 37.8 Å². The van der Waals surface area contributed by atoms with Gasteiger partial charge in [0.05, 0.1) is 0 Å². The Hall–Kier alpha value is -0.280. The highest BCUT2D eigenvalue weighted by Crippen LogP contribution is 2.32. The van der Waals surface area contributed by atoms with E-state index in [2.05, 4.69) is 23.2 Å².